The van der Waals surface area contributed by atoms with Crippen LogP contribution in [0.4, 0.5) is 19.0 Å². The highest BCUT2D eigenvalue weighted by Gasteiger charge is 2.47. The molecule has 1 saturated heterocycles. The van der Waals surface area contributed by atoms with Crippen LogP contribution in [-0.4, -0.2) is 45.0 Å². The van der Waals surface area contributed by atoms with Gasteiger partial charge in [0, 0.05) is 39.1 Å². The normalized spacial score (nSPS) is 20.8. The fraction of sp³-hybridized carbons (Fsp3) is 0.440. The summed E-state index contributed by atoms with van der Waals surface area (Å²) in [5, 5.41) is 3.55. The predicted molar refractivity (Wildman–Crippen MR) is 128 cm³/mol. The number of carbonyl (C=O) groups excluding carboxylic acids is 1. The number of nitrogens with one attached hydrogen (secondary N) is 1. The molecule has 1 aliphatic rings. The third kappa shape index (κ3) is 4.21. The number of methoxy groups -OCH3 is 1. The number of aryl methyl sites for hydroxylation is 1. The first-order chi connectivity index (χ1) is 17.0. The third-order valence-electron chi connectivity index (χ3n) is 6.99. The van der Waals surface area contributed by atoms with Crippen LogP contribution in [0.15, 0.2) is 35.4 Å². The van der Waals surface area contributed by atoms with Crippen LogP contribution in [0.5, 0.6) is 0 Å². The van der Waals surface area contributed by atoms with E-state index in [0.717, 1.165) is 6.07 Å². The smallest absolute Gasteiger partial charge is 0.266 e. The number of benzene rings is 1. The predicted octanol–water partition coefficient (Wildman–Crippen LogP) is 4.06. The summed E-state index contributed by atoms with van der Waals surface area (Å²) in [6.07, 6.45) is -1.26. The molecule has 0 aliphatic carbocycles. The molecule has 2 aromatic heterocycles. The van der Waals surface area contributed by atoms with Crippen LogP contribution in [0, 0.1) is 5.82 Å². The van der Waals surface area contributed by atoms with Crippen molar-refractivity contribution in [3.05, 3.63) is 63.5 Å². The number of rotatable bonds is 6. The van der Waals surface area contributed by atoms with Crippen molar-refractivity contribution in [2.75, 3.05) is 19.0 Å². The Labute approximate surface area is 206 Å². The minimum atomic E-state index is -2.94. The maximum atomic E-state index is 14.8. The van der Waals surface area contributed by atoms with E-state index in [1.807, 2.05) is 6.92 Å². The molecule has 1 N–H and O–H groups in total. The Morgan fingerprint density at radius 2 is 1.97 bits per heavy atom. The van der Waals surface area contributed by atoms with Gasteiger partial charge in [-0.3, -0.25) is 14.2 Å². The van der Waals surface area contributed by atoms with Crippen LogP contribution in [-0.2, 0) is 22.2 Å². The molecule has 0 spiro atoms. The van der Waals surface area contributed by atoms with Crippen molar-refractivity contribution in [3.63, 3.8) is 0 Å². The molecule has 192 valence electrons. The summed E-state index contributed by atoms with van der Waals surface area (Å²) in [6, 6.07) is 4.63. The van der Waals surface area contributed by atoms with Gasteiger partial charge in [0.05, 0.1) is 29.1 Å². The lowest BCUT2D eigenvalue weighted by molar-refractivity contribution is -0.130. The lowest BCUT2D eigenvalue weighted by Crippen LogP contribution is -2.40. The third-order valence-corrected chi connectivity index (χ3v) is 6.99. The zero-order chi connectivity index (χ0) is 26.4. The number of pyridine rings is 1. The molecule has 36 heavy (non-hydrogen) atoms. The molecule has 0 radical (unpaired) electrons. The molecule has 3 aromatic rings. The highest BCUT2D eigenvalue weighted by atomic mass is 19.3. The Morgan fingerprint density at radius 1 is 1.28 bits per heavy atom. The minimum Gasteiger partial charge on any atom is -0.371 e. The van der Waals surface area contributed by atoms with E-state index in [-0.39, 0.29) is 29.6 Å². The molecule has 1 aliphatic heterocycles. The second-order valence-corrected chi connectivity index (χ2v) is 9.20. The first-order valence-electron chi connectivity index (χ1n) is 11.5. The van der Waals surface area contributed by atoms with Crippen molar-refractivity contribution in [1.29, 1.82) is 0 Å². The minimum absolute atomic E-state index is 0.0553. The molecule has 8 nitrogen and oxygen atoms in total. The summed E-state index contributed by atoms with van der Waals surface area (Å²) in [5.41, 5.74) is -1.31. The van der Waals surface area contributed by atoms with Gasteiger partial charge >= 0.3 is 0 Å². The molecule has 3 heterocycles. The molecule has 1 unspecified atom stereocenters. The van der Waals surface area contributed by atoms with Gasteiger partial charge in [-0.15, -0.1) is 0 Å². The average molecular weight is 504 g/mol. The number of aromatic nitrogens is 3. The van der Waals surface area contributed by atoms with Gasteiger partial charge in [-0.1, -0.05) is 18.2 Å². The number of hydrogen-bond acceptors (Lipinski definition) is 6. The zero-order valence-corrected chi connectivity index (χ0v) is 20.7. The van der Waals surface area contributed by atoms with Crippen LogP contribution in [0.3, 0.4) is 0 Å². The van der Waals surface area contributed by atoms with E-state index in [2.05, 4.69) is 15.3 Å². The molecule has 1 amide bonds. The van der Waals surface area contributed by atoms with Crippen LogP contribution in [0.2, 0.25) is 0 Å². The van der Waals surface area contributed by atoms with Crippen molar-refractivity contribution in [2.24, 2.45) is 7.05 Å². The Kier molecular flexibility index (Phi) is 6.78. The lowest BCUT2D eigenvalue weighted by atomic mass is 9.91. The SMILES string of the molecule is COC1(c2cc3c(N[C@H](C)c4cccc(C(F)F)c4F)ncnc3n(C)c2=O)C[C@H](C)N(C(C)=O)C1. The number of fused-ring (bicyclic) bond motifs is 1. The van der Waals surface area contributed by atoms with Crippen molar-refractivity contribution < 1.29 is 22.7 Å². The summed E-state index contributed by atoms with van der Waals surface area (Å²) < 4.78 is 48.4. The van der Waals surface area contributed by atoms with Crippen molar-refractivity contribution >= 4 is 22.8 Å². The van der Waals surface area contributed by atoms with Gasteiger partial charge in [-0.2, -0.15) is 0 Å². The van der Waals surface area contributed by atoms with Gasteiger partial charge in [-0.25, -0.2) is 23.1 Å². The highest BCUT2D eigenvalue weighted by Crippen LogP contribution is 2.39. The van der Waals surface area contributed by atoms with E-state index in [9.17, 15) is 22.8 Å². The van der Waals surface area contributed by atoms with Gasteiger partial charge in [0.25, 0.3) is 12.0 Å². The molecule has 11 heteroatoms. The summed E-state index contributed by atoms with van der Waals surface area (Å²) >= 11 is 0. The Balaban J connectivity index is 1.82. The van der Waals surface area contributed by atoms with Crippen LogP contribution in [0.1, 0.15) is 56.3 Å². The number of halogens is 3. The molecule has 1 fully saturated rings. The number of anilines is 1. The van der Waals surface area contributed by atoms with E-state index in [4.69, 9.17) is 4.74 Å². The number of alkyl halides is 2. The lowest BCUT2D eigenvalue weighted by Gasteiger charge is -2.28. The molecule has 3 atom stereocenters. The van der Waals surface area contributed by atoms with Crippen molar-refractivity contribution in [2.45, 2.75) is 51.3 Å². The Bertz CT molecular complexity index is 1380. The second kappa shape index (κ2) is 9.53. The number of nitrogens with zero attached hydrogens (tertiary/aromatic N) is 4. The summed E-state index contributed by atoms with van der Waals surface area (Å²) in [5.74, 6) is -0.805. The van der Waals surface area contributed by atoms with E-state index in [1.165, 1.54) is 37.1 Å². The van der Waals surface area contributed by atoms with Gasteiger partial charge in [0.1, 0.15) is 29.2 Å². The van der Waals surface area contributed by atoms with Gasteiger partial charge < -0.3 is 15.0 Å². The van der Waals surface area contributed by atoms with Crippen molar-refractivity contribution in [1.82, 2.24) is 19.4 Å². The van der Waals surface area contributed by atoms with E-state index in [1.54, 1.807) is 24.9 Å². The molecule has 0 bridgehead atoms. The second-order valence-electron chi connectivity index (χ2n) is 9.20. The van der Waals surface area contributed by atoms with E-state index < -0.39 is 29.4 Å². The zero-order valence-electron chi connectivity index (χ0n) is 20.7. The van der Waals surface area contributed by atoms with E-state index in [0.29, 0.717) is 28.8 Å². The summed E-state index contributed by atoms with van der Waals surface area (Å²) in [7, 11) is 3.08. The van der Waals surface area contributed by atoms with E-state index >= 15 is 0 Å². The number of amides is 1. The Morgan fingerprint density at radius 3 is 2.58 bits per heavy atom. The Hall–Kier alpha value is -3.47. The number of likely N-dealkylation sites (tertiary alicyclic amines) is 1. The maximum absolute atomic E-state index is 14.8. The quantitative estimate of drug-likeness (QED) is 0.546. The first-order valence-corrected chi connectivity index (χ1v) is 11.5. The monoisotopic (exact) mass is 503 g/mol. The van der Waals surface area contributed by atoms with Gasteiger partial charge in [-0.05, 0) is 19.9 Å². The van der Waals surface area contributed by atoms with Gasteiger partial charge in [0.15, 0.2) is 0 Å². The molecule has 0 saturated carbocycles. The fourth-order valence-electron chi connectivity index (χ4n) is 5.02. The molecule has 4 rings (SSSR count). The van der Waals surface area contributed by atoms with Crippen molar-refractivity contribution in [3.8, 4) is 0 Å². The maximum Gasteiger partial charge on any atom is 0.266 e. The topological polar surface area (TPSA) is 89.3 Å². The number of hydrogen-bond donors (Lipinski definition) is 1. The summed E-state index contributed by atoms with van der Waals surface area (Å²) in [6.45, 7) is 5.21. The number of ether oxygens (including phenoxy) is 1. The molecular formula is C25H28F3N5O3. The first kappa shape index (κ1) is 25.6. The fourth-order valence-corrected chi connectivity index (χ4v) is 5.02. The standard InChI is InChI=1S/C25H28F3N5O3/c1-13-10-25(36-5,11-33(13)15(3)34)19-9-18-22(29-12-30-23(18)32(4)24(19)35)31-14(2)16-7-6-8-17(20(16)26)21(27)28/h6-9,12-14,21H,10-11H2,1-5H3,(H,29,30,31)/t13-,14+,25?/m0/s1. The van der Waals surface area contributed by atoms with Crippen LogP contribution >= 0.6 is 0 Å². The molecular weight excluding hydrogens is 475 g/mol. The van der Waals surface area contributed by atoms with Crippen LogP contribution in [0.25, 0.3) is 11.0 Å². The highest BCUT2D eigenvalue weighted by molar-refractivity contribution is 5.87. The van der Waals surface area contributed by atoms with Gasteiger partial charge in [0.2, 0.25) is 5.91 Å². The summed E-state index contributed by atoms with van der Waals surface area (Å²) in [4.78, 5) is 35.7. The molecule has 1 aromatic carbocycles. The largest absolute Gasteiger partial charge is 0.371 e. The number of carbonyl (C=O) groups is 1. The average Bonchev–Trinajstić information content (AvgIpc) is 3.19. The van der Waals surface area contributed by atoms with Crippen LogP contribution < -0.4 is 10.9 Å².